The molecule has 1 saturated heterocycles. The van der Waals surface area contributed by atoms with E-state index in [0.717, 1.165) is 22.9 Å². The first-order valence-electron chi connectivity index (χ1n) is 19.6. The van der Waals surface area contributed by atoms with Gasteiger partial charge in [0.05, 0.1) is 37.9 Å². The molecule has 13 nitrogen and oxygen atoms in total. The number of benzene rings is 3. The molecule has 2 fully saturated rings. The Morgan fingerprint density at radius 2 is 1.65 bits per heavy atom. The van der Waals surface area contributed by atoms with Crippen LogP contribution in [0, 0.1) is 11.6 Å². The molecule has 4 heterocycles. The second kappa shape index (κ2) is 16.8. The minimum atomic E-state index is -2.90. The quantitative estimate of drug-likeness (QED) is 0.0776. The molecule has 8 rings (SSSR count). The van der Waals surface area contributed by atoms with Crippen LogP contribution in [0.1, 0.15) is 34.9 Å². The van der Waals surface area contributed by atoms with E-state index in [9.17, 15) is 18.0 Å². The molecule has 0 spiro atoms. The summed E-state index contributed by atoms with van der Waals surface area (Å²) in [5, 5.41) is 4.57. The van der Waals surface area contributed by atoms with E-state index in [-0.39, 0.29) is 61.5 Å². The molecule has 3 aromatic heterocycles. The first-order valence-corrected chi connectivity index (χ1v) is 22.6. The average Bonchev–Trinajstić information content (AvgIpc) is 3.51. The fourth-order valence-corrected chi connectivity index (χ4v) is 7.76. The zero-order valence-electron chi connectivity index (χ0n) is 33.9. The van der Waals surface area contributed by atoms with E-state index in [2.05, 4.69) is 28.8 Å². The van der Waals surface area contributed by atoms with Gasteiger partial charge in [0.1, 0.15) is 30.4 Å². The van der Waals surface area contributed by atoms with Crippen LogP contribution in [0.15, 0.2) is 72.9 Å². The van der Waals surface area contributed by atoms with Crippen molar-refractivity contribution in [3.63, 3.8) is 0 Å². The van der Waals surface area contributed by atoms with Gasteiger partial charge in [0.2, 0.25) is 11.9 Å². The highest BCUT2D eigenvalue weighted by Crippen LogP contribution is 2.56. The summed E-state index contributed by atoms with van der Waals surface area (Å²) in [6.45, 7) is 2.11. The van der Waals surface area contributed by atoms with Crippen LogP contribution in [-0.4, -0.2) is 110 Å². The standard InChI is InChI=1S/C42H47F4N9O4S/c1-57-30-12-10-28(11-13-30)24-53(25-35-48-37-34(15-14-33(43)36(37)44)54(35)27-58-20-21-60(2,3)4)40-50-39(49-38-31(23-47-55(38)40)32-22-42(32,45)46)51-16-18-52(19-17-51)41(56)59-26-29-8-6-5-7-9-29/h5-15,23,32H,16-22,24-27H2,1-4H3. The van der Waals surface area contributed by atoms with Crippen molar-refractivity contribution >= 4 is 44.7 Å². The van der Waals surface area contributed by atoms with Gasteiger partial charge in [0.25, 0.3) is 5.92 Å². The topological polar surface area (TPSA) is 115 Å². The Hall–Kier alpha value is -5.62. The highest BCUT2D eigenvalue weighted by Gasteiger charge is 2.59. The number of nitrogens with zero attached hydrogens (tertiary/aromatic N) is 9. The number of amides is 1. The van der Waals surface area contributed by atoms with Gasteiger partial charge in [-0.1, -0.05) is 42.5 Å². The van der Waals surface area contributed by atoms with E-state index in [0.29, 0.717) is 49.9 Å². The third-order valence-electron chi connectivity index (χ3n) is 10.7. The first-order chi connectivity index (χ1) is 28.8. The molecular weight excluding hydrogens is 803 g/mol. The van der Waals surface area contributed by atoms with Crippen molar-refractivity contribution in [2.45, 2.75) is 44.7 Å². The van der Waals surface area contributed by atoms with Crippen LogP contribution in [0.2, 0.25) is 0 Å². The minimum absolute atomic E-state index is 0.00296. The maximum atomic E-state index is 15.4. The van der Waals surface area contributed by atoms with Crippen LogP contribution < -0.4 is 14.5 Å². The highest BCUT2D eigenvalue weighted by molar-refractivity contribution is 8.32. The Kier molecular flexibility index (Phi) is 11.5. The third kappa shape index (κ3) is 8.94. The fraction of sp³-hybridized carbons (Fsp3) is 0.405. The summed E-state index contributed by atoms with van der Waals surface area (Å²) >= 11 is 0. The number of halogens is 4. The molecule has 1 saturated carbocycles. The molecule has 0 radical (unpaired) electrons. The van der Waals surface area contributed by atoms with Crippen LogP contribution in [0.4, 0.5) is 34.3 Å². The number of rotatable bonds is 15. The van der Waals surface area contributed by atoms with E-state index >= 15 is 4.39 Å². The lowest BCUT2D eigenvalue weighted by molar-refractivity contribution is 0.0903. The van der Waals surface area contributed by atoms with Crippen molar-refractivity contribution < 1.29 is 36.6 Å². The number of aromatic nitrogens is 6. The fourth-order valence-electron chi connectivity index (χ4n) is 7.14. The number of piperazine rings is 1. The van der Waals surface area contributed by atoms with Crippen molar-refractivity contribution in [1.29, 1.82) is 0 Å². The summed E-state index contributed by atoms with van der Waals surface area (Å²) in [6.07, 6.45) is 7.20. The molecular formula is C42H47F4N9O4S. The maximum absolute atomic E-state index is 15.4. The molecule has 0 bridgehead atoms. The molecule has 0 N–H and O–H groups in total. The van der Waals surface area contributed by atoms with Gasteiger partial charge >= 0.3 is 6.09 Å². The molecule has 318 valence electrons. The second-order valence-electron chi connectivity index (χ2n) is 15.9. The first kappa shape index (κ1) is 41.1. The Balaban J connectivity index is 1.16. The number of carbonyl (C=O) groups excluding carboxylic acids is 1. The maximum Gasteiger partial charge on any atom is 0.410 e. The largest absolute Gasteiger partial charge is 0.497 e. The number of ether oxygens (including phenoxy) is 3. The number of hydrogen-bond donors (Lipinski definition) is 0. The van der Waals surface area contributed by atoms with Crippen molar-refractivity contribution in [3.8, 4) is 5.75 Å². The molecule has 18 heteroatoms. The van der Waals surface area contributed by atoms with E-state index in [4.69, 9.17) is 24.2 Å². The van der Waals surface area contributed by atoms with Gasteiger partial charge in [0.15, 0.2) is 17.3 Å². The Morgan fingerprint density at radius 1 is 0.917 bits per heavy atom. The SMILES string of the molecule is COc1ccc(CN(Cc2nc3c(F)c(F)ccc3n2COCCS(C)(C)C)c2nc(N3CCN(C(=O)OCc4ccccc4)CC3)nc3c(C4CC4(F)F)cnn23)cc1. The van der Waals surface area contributed by atoms with Gasteiger partial charge in [-0.2, -0.15) is 19.6 Å². The van der Waals surface area contributed by atoms with E-state index in [1.54, 1.807) is 16.6 Å². The van der Waals surface area contributed by atoms with Crippen LogP contribution in [0.25, 0.3) is 16.7 Å². The summed E-state index contributed by atoms with van der Waals surface area (Å²) in [4.78, 5) is 32.9. The van der Waals surface area contributed by atoms with Crippen LogP contribution in [-0.2, 0) is 35.9 Å². The number of anilines is 2. The van der Waals surface area contributed by atoms with Gasteiger partial charge in [0, 0.05) is 50.5 Å². The lowest BCUT2D eigenvalue weighted by atomic mass is 10.2. The zero-order chi connectivity index (χ0) is 42.2. The molecule has 3 aromatic carbocycles. The normalized spacial score (nSPS) is 16.7. The van der Waals surface area contributed by atoms with Crippen molar-refractivity contribution in [2.75, 3.05) is 74.2 Å². The predicted octanol–water partition coefficient (Wildman–Crippen LogP) is 7.22. The van der Waals surface area contributed by atoms with Gasteiger partial charge in [-0.3, -0.25) is 0 Å². The van der Waals surface area contributed by atoms with Gasteiger partial charge in [-0.05, 0) is 54.2 Å². The summed E-state index contributed by atoms with van der Waals surface area (Å²) in [5.74, 6) is -3.72. The molecule has 60 heavy (non-hydrogen) atoms. The average molecular weight is 850 g/mol. The summed E-state index contributed by atoms with van der Waals surface area (Å²) in [6, 6.07) is 19.4. The molecule has 1 atom stereocenters. The lowest BCUT2D eigenvalue weighted by Gasteiger charge is -2.34. The predicted molar refractivity (Wildman–Crippen MR) is 222 cm³/mol. The van der Waals surface area contributed by atoms with E-state index in [1.807, 2.05) is 64.4 Å². The van der Waals surface area contributed by atoms with Crippen LogP contribution >= 0.6 is 10.0 Å². The number of alkyl halides is 2. The minimum Gasteiger partial charge on any atom is -0.497 e. The summed E-state index contributed by atoms with van der Waals surface area (Å²) in [7, 11) is 0.709. The monoisotopic (exact) mass is 849 g/mol. The lowest BCUT2D eigenvalue weighted by Crippen LogP contribution is -2.49. The summed E-state index contributed by atoms with van der Waals surface area (Å²) < 4.78 is 79.6. The smallest absolute Gasteiger partial charge is 0.410 e. The van der Waals surface area contributed by atoms with Crippen molar-refractivity contribution in [1.82, 2.24) is 34.0 Å². The van der Waals surface area contributed by atoms with Gasteiger partial charge in [-0.15, -0.1) is 0 Å². The Morgan fingerprint density at radius 3 is 2.33 bits per heavy atom. The number of carbonyl (C=O) groups is 1. The molecule has 2 aliphatic rings. The van der Waals surface area contributed by atoms with Crippen LogP contribution in [0.5, 0.6) is 5.75 Å². The Labute approximate surface area is 346 Å². The second-order valence-corrected chi connectivity index (χ2v) is 20.5. The number of hydrogen-bond acceptors (Lipinski definition) is 10. The molecule has 6 aromatic rings. The van der Waals surface area contributed by atoms with Gasteiger partial charge in [-0.25, -0.2) is 37.4 Å². The number of fused-ring (bicyclic) bond motifs is 2. The Bertz CT molecular complexity index is 2470. The molecule has 1 aliphatic carbocycles. The molecule has 1 aliphatic heterocycles. The van der Waals surface area contributed by atoms with Crippen molar-refractivity contribution in [2.24, 2.45) is 0 Å². The molecule has 1 amide bonds. The van der Waals surface area contributed by atoms with Gasteiger partial charge < -0.3 is 33.5 Å². The van der Waals surface area contributed by atoms with Crippen molar-refractivity contribution in [3.05, 3.63) is 107 Å². The zero-order valence-corrected chi connectivity index (χ0v) is 34.7. The number of imidazole rings is 1. The van der Waals surface area contributed by atoms with E-state index in [1.165, 1.54) is 16.8 Å². The molecule has 1 unspecified atom stereocenters. The summed E-state index contributed by atoms with van der Waals surface area (Å²) in [5.41, 5.74) is 2.41. The van der Waals surface area contributed by atoms with E-state index < -0.39 is 39.6 Å². The third-order valence-corrected chi connectivity index (χ3v) is 12.1. The number of methoxy groups -OCH3 is 1. The highest BCUT2D eigenvalue weighted by atomic mass is 32.3. The van der Waals surface area contributed by atoms with Crippen LogP contribution in [0.3, 0.4) is 0 Å².